The van der Waals surface area contributed by atoms with E-state index in [0.29, 0.717) is 12.5 Å². The van der Waals surface area contributed by atoms with Crippen molar-refractivity contribution >= 4 is 31.9 Å². The quantitative estimate of drug-likeness (QED) is 0.723. The summed E-state index contributed by atoms with van der Waals surface area (Å²) in [5.41, 5.74) is 1.27. The summed E-state index contributed by atoms with van der Waals surface area (Å²) in [7, 11) is 0. The first-order valence-electron chi connectivity index (χ1n) is 5.89. The fraction of sp³-hybridized carbons (Fsp3) is 0.538. The van der Waals surface area contributed by atoms with Crippen molar-refractivity contribution in [2.75, 3.05) is 13.2 Å². The van der Waals surface area contributed by atoms with Crippen LogP contribution in [0.5, 0.6) is 0 Å². The SMILES string of the molecule is CC(CO)CCCNCc1ccc(Br)c(Br)c1. The van der Waals surface area contributed by atoms with Gasteiger partial charge in [-0.25, -0.2) is 0 Å². The van der Waals surface area contributed by atoms with Crippen LogP contribution in [0.25, 0.3) is 0 Å². The molecule has 1 unspecified atom stereocenters. The molecule has 4 heteroatoms. The van der Waals surface area contributed by atoms with Gasteiger partial charge in [0.2, 0.25) is 0 Å². The van der Waals surface area contributed by atoms with Crippen molar-refractivity contribution in [2.24, 2.45) is 5.92 Å². The van der Waals surface area contributed by atoms with Crippen LogP contribution in [-0.2, 0) is 6.54 Å². The molecule has 0 saturated carbocycles. The zero-order valence-corrected chi connectivity index (χ0v) is 13.2. The molecule has 2 nitrogen and oxygen atoms in total. The van der Waals surface area contributed by atoms with E-state index in [9.17, 15) is 0 Å². The summed E-state index contributed by atoms with van der Waals surface area (Å²) >= 11 is 6.95. The van der Waals surface area contributed by atoms with Crippen LogP contribution in [0.15, 0.2) is 27.1 Å². The molecular formula is C13H19Br2NO. The van der Waals surface area contributed by atoms with Gasteiger partial charge in [0.15, 0.2) is 0 Å². The smallest absolute Gasteiger partial charge is 0.0456 e. The molecule has 0 saturated heterocycles. The maximum absolute atomic E-state index is 8.90. The lowest BCUT2D eigenvalue weighted by molar-refractivity contribution is 0.228. The standard InChI is InChI=1S/C13H19Br2NO/c1-10(9-17)3-2-6-16-8-11-4-5-12(14)13(15)7-11/h4-5,7,10,16-17H,2-3,6,8-9H2,1H3. The Morgan fingerprint density at radius 1 is 1.29 bits per heavy atom. The molecule has 0 fully saturated rings. The van der Waals surface area contributed by atoms with E-state index >= 15 is 0 Å². The highest BCUT2D eigenvalue weighted by molar-refractivity contribution is 9.13. The molecule has 0 aliphatic heterocycles. The van der Waals surface area contributed by atoms with Gasteiger partial charge in [-0.3, -0.25) is 0 Å². The molecule has 2 N–H and O–H groups in total. The maximum atomic E-state index is 8.90. The molecule has 1 aromatic rings. The minimum atomic E-state index is 0.291. The first kappa shape index (κ1) is 15.2. The molecule has 0 bridgehead atoms. The molecule has 17 heavy (non-hydrogen) atoms. The molecule has 1 rings (SSSR count). The second-order valence-electron chi connectivity index (χ2n) is 4.36. The minimum Gasteiger partial charge on any atom is -0.396 e. The molecule has 0 amide bonds. The molecule has 0 aromatic heterocycles. The zero-order valence-electron chi connectivity index (χ0n) is 10.0. The first-order valence-corrected chi connectivity index (χ1v) is 7.47. The van der Waals surface area contributed by atoms with E-state index in [4.69, 9.17) is 5.11 Å². The van der Waals surface area contributed by atoms with Crippen molar-refractivity contribution in [3.8, 4) is 0 Å². The molecule has 96 valence electrons. The van der Waals surface area contributed by atoms with Gasteiger partial charge in [0.25, 0.3) is 0 Å². The number of aliphatic hydroxyl groups excluding tert-OH is 1. The number of benzene rings is 1. The maximum Gasteiger partial charge on any atom is 0.0456 e. The number of hydrogen-bond acceptors (Lipinski definition) is 2. The van der Waals surface area contributed by atoms with Crippen LogP contribution in [0.1, 0.15) is 25.3 Å². The van der Waals surface area contributed by atoms with Crippen molar-refractivity contribution in [3.05, 3.63) is 32.7 Å². The largest absolute Gasteiger partial charge is 0.396 e. The van der Waals surface area contributed by atoms with E-state index in [2.05, 4.69) is 62.3 Å². The third kappa shape index (κ3) is 6.00. The Balaban J connectivity index is 2.20. The van der Waals surface area contributed by atoms with Crippen LogP contribution in [-0.4, -0.2) is 18.3 Å². The van der Waals surface area contributed by atoms with Gasteiger partial charge in [-0.1, -0.05) is 13.0 Å². The molecule has 0 aliphatic carbocycles. The van der Waals surface area contributed by atoms with Crippen LogP contribution in [0.4, 0.5) is 0 Å². The second-order valence-corrected chi connectivity index (χ2v) is 6.06. The van der Waals surface area contributed by atoms with Crippen molar-refractivity contribution in [2.45, 2.75) is 26.3 Å². The predicted octanol–water partition coefficient (Wildman–Crippen LogP) is 3.71. The van der Waals surface area contributed by atoms with Gasteiger partial charge < -0.3 is 10.4 Å². The summed E-state index contributed by atoms with van der Waals surface area (Å²) in [6.45, 7) is 4.25. The summed E-state index contributed by atoms with van der Waals surface area (Å²) in [6.07, 6.45) is 2.19. The van der Waals surface area contributed by atoms with Crippen LogP contribution in [0.2, 0.25) is 0 Å². The third-order valence-corrected chi connectivity index (χ3v) is 4.55. The minimum absolute atomic E-state index is 0.291. The third-order valence-electron chi connectivity index (χ3n) is 2.68. The lowest BCUT2D eigenvalue weighted by Crippen LogP contribution is -2.16. The van der Waals surface area contributed by atoms with Gasteiger partial charge in [0.1, 0.15) is 0 Å². The second kappa shape index (κ2) is 8.25. The van der Waals surface area contributed by atoms with E-state index in [1.165, 1.54) is 5.56 Å². The fourth-order valence-electron chi connectivity index (χ4n) is 1.55. The highest BCUT2D eigenvalue weighted by atomic mass is 79.9. The summed E-state index contributed by atoms with van der Waals surface area (Å²) in [5, 5.41) is 12.3. The van der Waals surface area contributed by atoms with Gasteiger partial charge in [-0.05, 0) is 74.9 Å². The van der Waals surface area contributed by atoms with Crippen LogP contribution in [0, 0.1) is 5.92 Å². The van der Waals surface area contributed by atoms with Crippen LogP contribution >= 0.6 is 31.9 Å². The number of nitrogens with one attached hydrogen (secondary N) is 1. The highest BCUT2D eigenvalue weighted by Crippen LogP contribution is 2.23. The van der Waals surface area contributed by atoms with Gasteiger partial charge in [-0.15, -0.1) is 0 Å². The number of aliphatic hydroxyl groups is 1. The Bertz CT molecular complexity index is 344. The summed E-state index contributed by atoms with van der Waals surface area (Å²) in [5.74, 6) is 0.415. The lowest BCUT2D eigenvalue weighted by atomic mass is 10.1. The van der Waals surface area contributed by atoms with E-state index < -0.39 is 0 Å². The Morgan fingerprint density at radius 3 is 2.71 bits per heavy atom. The predicted molar refractivity (Wildman–Crippen MR) is 79.0 cm³/mol. The Morgan fingerprint density at radius 2 is 2.06 bits per heavy atom. The van der Waals surface area contributed by atoms with Crippen LogP contribution < -0.4 is 5.32 Å². The molecule has 0 aliphatic rings. The number of halogens is 2. The van der Waals surface area contributed by atoms with Gasteiger partial charge >= 0.3 is 0 Å². The number of rotatable bonds is 7. The molecule has 1 atom stereocenters. The van der Waals surface area contributed by atoms with E-state index in [1.807, 2.05) is 0 Å². The molecular weight excluding hydrogens is 346 g/mol. The Kier molecular flexibility index (Phi) is 7.35. The van der Waals surface area contributed by atoms with Gasteiger partial charge in [0, 0.05) is 22.1 Å². The van der Waals surface area contributed by atoms with Gasteiger partial charge in [-0.2, -0.15) is 0 Å². The molecule has 0 spiro atoms. The number of hydrogen-bond donors (Lipinski definition) is 2. The fourth-order valence-corrected chi connectivity index (χ4v) is 2.22. The summed E-state index contributed by atoms with van der Waals surface area (Å²) in [4.78, 5) is 0. The summed E-state index contributed by atoms with van der Waals surface area (Å²) < 4.78 is 2.17. The van der Waals surface area contributed by atoms with Gasteiger partial charge in [0.05, 0.1) is 0 Å². The average Bonchev–Trinajstić information content (AvgIpc) is 2.33. The topological polar surface area (TPSA) is 32.3 Å². The first-order chi connectivity index (χ1) is 8.13. The monoisotopic (exact) mass is 363 g/mol. The Hall–Kier alpha value is 0.1000. The van der Waals surface area contributed by atoms with Crippen LogP contribution in [0.3, 0.4) is 0 Å². The average molecular weight is 365 g/mol. The lowest BCUT2D eigenvalue weighted by Gasteiger charge is -2.09. The molecule has 0 heterocycles. The van der Waals surface area contributed by atoms with Crippen molar-refractivity contribution in [1.82, 2.24) is 5.32 Å². The zero-order chi connectivity index (χ0) is 12.7. The van der Waals surface area contributed by atoms with E-state index in [-0.39, 0.29) is 0 Å². The normalized spacial score (nSPS) is 12.7. The van der Waals surface area contributed by atoms with Crippen molar-refractivity contribution < 1.29 is 5.11 Å². The van der Waals surface area contributed by atoms with Crippen molar-refractivity contribution in [1.29, 1.82) is 0 Å². The highest BCUT2D eigenvalue weighted by Gasteiger charge is 2.00. The molecule has 0 radical (unpaired) electrons. The van der Waals surface area contributed by atoms with Crippen molar-refractivity contribution in [3.63, 3.8) is 0 Å². The summed E-state index contributed by atoms with van der Waals surface area (Å²) in [6, 6.07) is 6.28. The van der Waals surface area contributed by atoms with E-state index in [0.717, 1.165) is 34.9 Å². The molecule has 1 aromatic carbocycles. The Labute approximate surface area is 120 Å². The van der Waals surface area contributed by atoms with E-state index in [1.54, 1.807) is 0 Å².